The average Bonchev–Trinajstić information content (AvgIpc) is 3.24. The molecule has 0 radical (unpaired) electrons. The van der Waals surface area contributed by atoms with Gasteiger partial charge in [-0.1, -0.05) is 36.4 Å². The molecule has 0 aliphatic carbocycles. The van der Waals surface area contributed by atoms with Gasteiger partial charge in [0.05, 0.1) is 0 Å². The van der Waals surface area contributed by atoms with Crippen molar-refractivity contribution in [1.29, 1.82) is 0 Å². The van der Waals surface area contributed by atoms with E-state index in [0.717, 1.165) is 33.1 Å². The lowest BCUT2D eigenvalue weighted by molar-refractivity contribution is -0.142. The lowest BCUT2D eigenvalue weighted by Crippen LogP contribution is -2.15. The summed E-state index contributed by atoms with van der Waals surface area (Å²) in [6.45, 7) is 1.61. The van der Waals surface area contributed by atoms with Gasteiger partial charge < -0.3 is 14.7 Å². The number of H-pyrrole nitrogens is 2. The fraction of sp³-hybridized carbons (Fsp3) is 0.182. The van der Waals surface area contributed by atoms with Gasteiger partial charge in [0.15, 0.2) is 6.61 Å². The smallest absolute Gasteiger partial charge is 0.306 e. The molecule has 0 unspecified atom stereocenters. The first-order valence-corrected chi connectivity index (χ1v) is 8.94. The number of Topliss-reactive ketones (excluding diaryl/α,β-unsaturated/α-hetero) is 1. The molecule has 0 spiro atoms. The van der Waals surface area contributed by atoms with E-state index in [-0.39, 0.29) is 24.8 Å². The Labute approximate surface area is 156 Å². The predicted octanol–water partition coefficient (Wildman–Crippen LogP) is 4.32. The SMILES string of the molecule is Cc1[nH]c2ccccc2c1C(=O)COC(=O)CCc1c[nH]c2ccccc12. The minimum absolute atomic E-state index is 0.189. The highest BCUT2D eigenvalue weighted by atomic mass is 16.5. The molecule has 0 aliphatic heterocycles. The number of benzene rings is 2. The van der Waals surface area contributed by atoms with Crippen LogP contribution in [0.5, 0.6) is 0 Å². The Balaban J connectivity index is 1.37. The van der Waals surface area contributed by atoms with Gasteiger partial charge in [-0.05, 0) is 31.0 Å². The normalized spacial score (nSPS) is 11.1. The third kappa shape index (κ3) is 3.36. The molecule has 0 fully saturated rings. The van der Waals surface area contributed by atoms with E-state index in [9.17, 15) is 9.59 Å². The molecule has 0 bridgehead atoms. The highest BCUT2D eigenvalue weighted by Gasteiger charge is 2.17. The van der Waals surface area contributed by atoms with Crippen molar-refractivity contribution in [3.63, 3.8) is 0 Å². The van der Waals surface area contributed by atoms with Crippen LogP contribution in [0.1, 0.15) is 28.0 Å². The highest BCUT2D eigenvalue weighted by molar-refractivity contribution is 6.10. The van der Waals surface area contributed by atoms with E-state index in [1.54, 1.807) is 0 Å². The number of ether oxygens (including phenoxy) is 1. The fourth-order valence-corrected chi connectivity index (χ4v) is 3.50. The Bertz CT molecular complexity index is 1140. The number of aromatic nitrogens is 2. The number of nitrogens with one attached hydrogen (secondary N) is 2. The lowest BCUT2D eigenvalue weighted by Gasteiger charge is -2.05. The van der Waals surface area contributed by atoms with Gasteiger partial charge in [-0.3, -0.25) is 9.59 Å². The van der Waals surface area contributed by atoms with Crippen molar-refractivity contribution in [3.05, 3.63) is 71.5 Å². The number of aromatic amines is 2. The van der Waals surface area contributed by atoms with Gasteiger partial charge in [-0.2, -0.15) is 0 Å². The first-order chi connectivity index (χ1) is 13.1. The van der Waals surface area contributed by atoms with Crippen LogP contribution < -0.4 is 0 Å². The van der Waals surface area contributed by atoms with Gasteiger partial charge in [0, 0.05) is 45.7 Å². The third-order valence-corrected chi connectivity index (χ3v) is 4.81. The number of esters is 1. The number of ketones is 1. The van der Waals surface area contributed by atoms with E-state index < -0.39 is 0 Å². The molecular formula is C22H20N2O3. The number of rotatable bonds is 6. The first-order valence-electron chi connectivity index (χ1n) is 8.94. The molecule has 27 heavy (non-hydrogen) atoms. The van der Waals surface area contributed by atoms with Crippen LogP contribution >= 0.6 is 0 Å². The molecule has 4 aromatic rings. The maximum atomic E-state index is 12.6. The van der Waals surface area contributed by atoms with Gasteiger partial charge in [-0.25, -0.2) is 0 Å². The molecule has 0 aliphatic rings. The Morgan fingerprint density at radius 1 is 0.963 bits per heavy atom. The summed E-state index contributed by atoms with van der Waals surface area (Å²) >= 11 is 0. The van der Waals surface area contributed by atoms with Crippen molar-refractivity contribution in [2.75, 3.05) is 6.61 Å². The standard InChI is InChI=1S/C22H20N2O3/c1-14-22(17-7-3-5-9-19(17)24-14)20(25)13-27-21(26)11-10-15-12-23-18-8-4-2-6-16(15)18/h2-9,12,23-24H,10-11,13H2,1H3. The third-order valence-electron chi connectivity index (χ3n) is 4.81. The summed E-state index contributed by atoms with van der Waals surface area (Å²) < 4.78 is 5.23. The minimum atomic E-state index is -0.369. The quantitative estimate of drug-likeness (QED) is 0.397. The second kappa shape index (κ2) is 7.11. The summed E-state index contributed by atoms with van der Waals surface area (Å²) in [5.41, 5.74) is 4.40. The van der Waals surface area contributed by atoms with Gasteiger partial charge in [0.2, 0.25) is 5.78 Å². The number of fused-ring (bicyclic) bond motifs is 2. The zero-order valence-electron chi connectivity index (χ0n) is 15.0. The lowest BCUT2D eigenvalue weighted by atomic mass is 10.1. The van der Waals surface area contributed by atoms with Crippen molar-refractivity contribution < 1.29 is 14.3 Å². The summed E-state index contributed by atoms with van der Waals surface area (Å²) in [5.74, 6) is -0.559. The highest BCUT2D eigenvalue weighted by Crippen LogP contribution is 2.22. The molecule has 2 N–H and O–H groups in total. The topological polar surface area (TPSA) is 75.0 Å². The number of aryl methyl sites for hydroxylation is 2. The first kappa shape index (κ1) is 17.1. The van der Waals surface area contributed by atoms with Gasteiger partial charge >= 0.3 is 5.97 Å². The van der Waals surface area contributed by atoms with Crippen molar-refractivity contribution in [1.82, 2.24) is 9.97 Å². The van der Waals surface area contributed by atoms with E-state index in [4.69, 9.17) is 4.74 Å². The molecule has 2 aromatic carbocycles. The molecule has 0 amide bonds. The van der Waals surface area contributed by atoms with Crippen molar-refractivity contribution in [2.24, 2.45) is 0 Å². The monoisotopic (exact) mass is 360 g/mol. The van der Waals surface area contributed by atoms with E-state index in [2.05, 4.69) is 9.97 Å². The summed E-state index contributed by atoms with van der Waals surface area (Å²) in [5, 5.41) is 1.96. The number of para-hydroxylation sites is 2. The molecular weight excluding hydrogens is 340 g/mol. The van der Waals surface area contributed by atoms with Crippen LogP contribution in [0.2, 0.25) is 0 Å². The Morgan fingerprint density at radius 2 is 1.67 bits per heavy atom. The van der Waals surface area contributed by atoms with Crippen LogP contribution in [0.15, 0.2) is 54.7 Å². The van der Waals surface area contributed by atoms with Crippen molar-refractivity contribution in [2.45, 2.75) is 19.8 Å². The summed E-state index contributed by atoms with van der Waals surface area (Å²) in [6.07, 6.45) is 2.73. The van der Waals surface area contributed by atoms with Gasteiger partial charge in [-0.15, -0.1) is 0 Å². The second-order valence-electron chi connectivity index (χ2n) is 6.61. The van der Waals surface area contributed by atoms with Crippen molar-refractivity contribution >= 4 is 33.6 Å². The van der Waals surface area contributed by atoms with Crippen LogP contribution in [0.25, 0.3) is 21.8 Å². The molecule has 5 nitrogen and oxygen atoms in total. The predicted molar refractivity (Wildman–Crippen MR) is 105 cm³/mol. The number of carbonyl (C=O) groups is 2. The summed E-state index contributed by atoms with van der Waals surface area (Å²) in [7, 11) is 0. The Kier molecular flexibility index (Phi) is 4.50. The van der Waals surface area contributed by atoms with Crippen LogP contribution in [0.4, 0.5) is 0 Å². The van der Waals surface area contributed by atoms with Gasteiger partial charge in [0.1, 0.15) is 0 Å². The molecule has 136 valence electrons. The number of carbonyl (C=O) groups excluding carboxylic acids is 2. The number of hydrogen-bond acceptors (Lipinski definition) is 3. The summed E-state index contributed by atoms with van der Waals surface area (Å²) in [4.78, 5) is 31.0. The molecule has 2 aromatic heterocycles. The van der Waals surface area contributed by atoms with Crippen LogP contribution in [-0.2, 0) is 16.0 Å². The molecule has 2 heterocycles. The second-order valence-corrected chi connectivity index (χ2v) is 6.61. The minimum Gasteiger partial charge on any atom is -0.457 e. The maximum absolute atomic E-state index is 12.6. The zero-order valence-corrected chi connectivity index (χ0v) is 15.0. The van der Waals surface area contributed by atoms with Crippen molar-refractivity contribution in [3.8, 4) is 0 Å². The zero-order chi connectivity index (χ0) is 18.8. The Morgan fingerprint density at radius 3 is 2.48 bits per heavy atom. The molecule has 0 saturated heterocycles. The maximum Gasteiger partial charge on any atom is 0.306 e. The summed E-state index contributed by atoms with van der Waals surface area (Å²) in [6, 6.07) is 15.6. The number of hydrogen-bond donors (Lipinski definition) is 2. The molecule has 4 rings (SSSR count). The largest absolute Gasteiger partial charge is 0.457 e. The molecule has 0 saturated carbocycles. The average molecular weight is 360 g/mol. The van der Waals surface area contributed by atoms with Crippen LogP contribution in [0.3, 0.4) is 0 Å². The molecule has 5 heteroatoms. The fourth-order valence-electron chi connectivity index (χ4n) is 3.50. The van der Waals surface area contributed by atoms with Crippen LogP contribution in [0, 0.1) is 6.92 Å². The van der Waals surface area contributed by atoms with Crippen LogP contribution in [-0.4, -0.2) is 28.3 Å². The molecule has 0 atom stereocenters. The van der Waals surface area contributed by atoms with E-state index in [1.807, 2.05) is 61.7 Å². The van der Waals surface area contributed by atoms with E-state index in [1.165, 1.54) is 0 Å². The van der Waals surface area contributed by atoms with Gasteiger partial charge in [0.25, 0.3) is 0 Å². The van der Waals surface area contributed by atoms with E-state index >= 15 is 0 Å². The van der Waals surface area contributed by atoms with E-state index in [0.29, 0.717) is 12.0 Å². The Hall–Kier alpha value is -3.34.